The van der Waals surface area contributed by atoms with Gasteiger partial charge >= 0.3 is 0 Å². The molecular formula is C16H14ClN3O2. The van der Waals surface area contributed by atoms with E-state index in [-0.39, 0.29) is 5.91 Å². The first kappa shape index (κ1) is 15.7. The van der Waals surface area contributed by atoms with E-state index >= 15 is 0 Å². The summed E-state index contributed by atoms with van der Waals surface area (Å²) < 4.78 is 5.41. The summed E-state index contributed by atoms with van der Waals surface area (Å²) in [5, 5.41) is 3.91. The molecule has 0 saturated heterocycles. The number of aromatic nitrogens is 1. The smallest absolute Gasteiger partial charge is 0.271 e. The number of carbonyl (C=O) groups is 1. The maximum atomic E-state index is 11.7. The lowest BCUT2D eigenvalue weighted by Crippen LogP contribution is -2.17. The third-order valence-electron chi connectivity index (χ3n) is 2.64. The summed E-state index contributed by atoms with van der Waals surface area (Å²) in [6.07, 6.45) is 6.36. The van der Waals surface area contributed by atoms with Gasteiger partial charge in [0.15, 0.2) is 0 Å². The molecule has 1 aromatic heterocycles. The quantitative estimate of drug-likeness (QED) is 0.658. The molecule has 5 nitrogen and oxygen atoms in total. The molecule has 6 heteroatoms. The van der Waals surface area contributed by atoms with Crippen molar-refractivity contribution in [2.24, 2.45) is 5.10 Å². The molecule has 0 spiro atoms. The van der Waals surface area contributed by atoms with E-state index in [1.54, 1.807) is 36.8 Å². The third kappa shape index (κ3) is 5.03. The van der Waals surface area contributed by atoms with Gasteiger partial charge in [-0.3, -0.25) is 9.78 Å². The molecule has 0 saturated carbocycles. The van der Waals surface area contributed by atoms with E-state index in [1.807, 2.05) is 24.3 Å². The van der Waals surface area contributed by atoms with Crippen molar-refractivity contribution in [1.29, 1.82) is 0 Å². The standard InChI is InChI=1S/C16H14ClN3O2/c17-8-1-11-22-15-4-2-13(3-5-15)12-19-20-16(21)14-6-9-18-10-7-14/h1-10,12H,11H2,(H,20,21). The van der Waals surface area contributed by atoms with Crippen molar-refractivity contribution in [3.63, 3.8) is 0 Å². The summed E-state index contributed by atoms with van der Waals surface area (Å²) in [7, 11) is 0. The summed E-state index contributed by atoms with van der Waals surface area (Å²) in [5.74, 6) is 0.444. The first-order valence-corrected chi connectivity index (χ1v) is 6.95. The van der Waals surface area contributed by atoms with Crippen molar-refractivity contribution < 1.29 is 9.53 Å². The molecule has 0 fully saturated rings. The molecule has 1 heterocycles. The second-order valence-corrected chi connectivity index (χ2v) is 4.43. The van der Waals surface area contributed by atoms with Crippen LogP contribution in [0.25, 0.3) is 0 Å². The van der Waals surface area contributed by atoms with Gasteiger partial charge in [0, 0.05) is 23.5 Å². The zero-order valence-corrected chi connectivity index (χ0v) is 12.4. The first-order chi connectivity index (χ1) is 10.8. The van der Waals surface area contributed by atoms with Crippen molar-refractivity contribution in [1.82, 2.24) is 10.4 Å². The number of amides is 1. The molecule has 112 valence electrons. The molecule has 0 aliphatic heterocycles. The predicted octanol–water partition coefficient (Wildman–Crippen LogP) is 2.98. The molecule has 0 bridgehead atoms. The van der Waals surface area contributed by atoms with Gasteiger partial charge in [0.2, 0.25) is 0 Å². The Bertz CT molecular complexity index is 655. The number of hydrogen-bond donors (Lipinski definition) is 1. The number of rotatable bonds is 6. The average Bonchev–Trinajstić information content (AvgIpc) is 2.57. The zero-order chi connectivity index (χ0) is 15.6. The van der Waals surface area contributed by atoms with Crippen LogP contribution in [-0.4, -0.2) is 23.7 Å². The maximum absolute atomic E-state index is 11.7. The van der Waals surface area contributed by atoms with Gasteiger partial charge in [-0.1, -0.05) is 11.6 Å². The summed E-state index contributed by atoms with van der Waals surface area (Å²) >= 11 is 5.40. The summed E-state index contributed by atoms with van der Waals surface area (Å²) in [5.41, 5.74) is 5.21. The highest BCUT2D eigenvalue weighted by atomic mass is 35.5. The molecule has 0 aliphatic rings. The molecular weight excluding hydrogens is 302 g/mol. The number of hydrazone groups is 1. The van der Waals surface area contributed by atoms with Crippen LogP contribution in [-0.2, 0) is 0 Å². The molecule has 0 aliphatic carbocycles. The van der Waals surface area contributed by atoms with Gasteiger partial charge in [-0.05, 0) is 48.0 Å². The van der Waals surface area contributed by atoms with Crippen LogP contribution >= 0.6 is 11.6 Å². The molecule has 2 aromatic rings. The highest BCUT2D eigenvalue weighted by Crippen LogP contribution is 2.11. The van der Waals surface area contributed by atoms with E-state index in [2.05, 4.69) is 15.5 Å². The number of pyridine rings is 1. The normalized spacial score (nSPS) is 11.0. The van der Waals surface area contributed by atoms with E-state index in [1.165, 1.54) is 5.54 Å². The Morgan fingerprint density at radius 1 is 1.23 bits per heavy atom. The molecule has 22 heavy (non-hydrogen) atoms. The van der Waals surface area contributed by atoms with Crippen LogP contribution in [0, 0.1) is 0 Å². The minimum atomic E-state index is -0.286. The SMILES string of the molecule is O=C(NN=Cc1ccc(OCC=CCl)cc1)c1ccncc1. The highest BCUT2D eigenvalue weighted by molar-refractivity contribution is 6.25. The maximum Gasteiger partial charge on any atom is 0.271 e. The molecule has 1 aromatic carbocycles. The topological polar surface area (TPSA) is 63.6 Å². The van der Waals surface area contributed by atoms with E-state index < -0.39 is 0 Å². The van der Waals surface area contributed by atoms with E-state index in [0.29, 0.717) is 12.2 Å². The lowest BCUT2D eigenvalue weighted by atomic mass is 10.2. The van der Waals surface area contributed by atoms with Crippen molar-refractivity contribution in [3.05, 3.63) is 71.5 Å². The largest absolute Gasteiger partial charge is 0.490 e. The monoisotopic (exact) mass is 315 g/mol. The Morgan fingerprint density at radius 3 is 2.64 bits per heavy atom. The Hall–Kier alpha value is -2.66. The van der Waals surface area contributed by atoms with E-state index in [0.717, 1.165) is 11.3 Å². The summed E-state index contributed by atoms with van der Waals surface area (Å²) in [6, 6.07) is 10.5. The van der Waals surface area contributed by atoms with Gasteiger partial charge in [-0.2, -0.15) is 5.10 Å². The minimum Gasteiger partial charge on any atom is -0.490 e. The molecule has 0 unspecified atom stereocenters. The number of halogens is 1. The van der Waals surface area contributed by atoms with Gasteiger partial charge < -0.3 is 4.74 Å². The Morgan fingerprint density at radius 2 is 1.95 bits per heavy atom. The van der Waals surface area contributed by atoms with Crippen LogP contribution in [0.5, 0.6) is 5.75 Å². The lowest BCUT2D eigenvalue weighted by molar-refractivity contribution is 0.0955. The van der Waals surface area contributed by atoms with E-state index in [9.17, 15) is 4.79 Å². The van der Waals surface area contributed by atoms with Gasteiger partial charge in [-0.25, -0.2) is 5.43 Å². The number of carbonyl (C=O) groups excluding carboxylic acids is 1. The number of benzene rings is 1. The Labute approximate surface area is 133 Å². The van der Waals surface area contributed by atoms with Crippen molar-refractivity contribution >= 4 is 23.7 Å². The third-order valence-corrected chi connectivity index (χ3v) is 2.82. The van der Waals surface area contributed by atoms with Crippen molar-refractivity contribution in [2.45, 2.75) is 0 Å². The fraction of sp³-hybridized carbons (Fsp3) is 0.0625. The lowest BCUT2D eigenvalue weighted by Gasteiger charge is -2.02. The molecule has 2 rings (SSSR count). The van der Waals surface area contributed by atoms with Crippen molar-refractivity contribution in [3.8, 4) is 5.75 Å². The highest BCUT2D eigenvalue weighted by Gasteiger charge is 2.01. The Kier molecular flexibility index (Phi) is 6.14. The van der Waals surface area contributed by atoms with Gasteiger partial charge in [0.05, 0.1) is 6.21 Å². The van der Waals surface area contributed by atoms with Gasteiger partial charge in [0.25, 0.3) is 5.91 Å². The van der Waals surface area contributed by atoms with Crippen LogP contribution in [0.1, 0.15) is 15.9 Å². The minimum absolute atomic E-state index is 0.286. The molecule has 1 amide bonds. The number of nitrogens with zero attached hydrogens (tertiary/aromatic N) is 2. The van der Waals surface area contributed by atoms with Crippen LogP contribution < -0.4 is 10.2 Å². The molecule has 1 N–H and O–H groups in total. The predicted molar refractivity (Wildman–Crippen MR) is 86.2 cm³/mol. The zero-order valence-electron chi connectivity index (χ0n) is 11.6. The Balaban J connectivity index is 1.86. The van der Waals surface area contributed by atoms with Crippen LogP contribution in [0.2, 0.25) is 0 Å². The van der Waals surface area contributed by atoms with Gasteiger partial charge in [-0.15, -0.1) is 0 Å². The average molecular weight is 316 g/mol. The van der Waals surface area contributed by atoms with Gasteiger partial charge in [0.1, 0.15) is 12.4 Å². The summed E-state index contributed by atoms with van der Waals surface area (Å²) in [6.45, 7) is 0.416. The number of ether oxygens (including phenoxy) is 1. The number of nitrogens with one attached hydrogen (secondary N) is 1. The summed E-state index contributed by atoms with van der Waals surface area (Å²) in [4.78, 5) is 15.6. The molecule has 0 radical (unpaired) electrons. The first-order valence-electron chi connectivity index (χ1n) is 6.51. The van der Waals surface area contributed by atoms with Crippen LogP contribution in [0.4, 0.5) is 0 Å². The van der Waals surface area contributed by atoms with Crippen molar-refractivity contribution in [2.75, 3.05) is 6.61 Å². The number of hydrogen-bond acceptors (Lipinski definition) is 4. The fourth-order valence-electron chi connectivity index (χ4n) is 1.56. The fourth-order valence-corrected chi connectivity index (χ4v) is 1.64. The van der Waals surface area contributed by atoms with Crippen LogP contribution in [0.3, 0.4) is 0 Å². The van der Waals surface area contributed by atoms with E-state index in [4.69, 9.17) is 16.3 Å². The second kappa shape index (κ2) is 8.59. The second-order valence-electron chi connectivity index (χ2n) is 4.18. The molecule has 0 atom stereocenters. The van der Waals surface area contributed by atoms with Crippen LogP contribution in [0.15, 0.2) is 65.5 Å².